The van der Waals surface area contributed by atoms with E-state index in [9.17, 15) is 14.9 Å². The molecule has 0 aliphatic carbocycles. The van der Waals surface area contributed by atoms with E-state index in [-0.39, 0.29) is 11.4 Å². The summed E-state index contributed by atoms with van der Waals surface area (Å²) in [5.41, 5.74) is 3.96. The number of nitrogens with one attached hydrogen (secondary N) is 2. The van der Waals surface area contributed by atoms with E-state index in [4.69, 9.17) is 14.2 Å². The maximum Gasteiger partial charge on any atom is 0.289 e. The summed E-state index contributed by atoms with van der Waals surface area (Å²) in [5, 5.41) is 21.5. The Labute approximate surface area is 176 Å². The van der Waals surface area contributed by atoms with E-state index in [1.165, 1.54) is 45.7 Å². The van der Waals surface area contributed by atoms with Gasteiger partial charge in [-0.2, -0.15) is 10.2 Å². The van der Waals surface area contributed by atoms with Gasteiger partial charge >= 0.3 is 0 Å². The third-order valence-electron chi connectivity index (χ3n) is 4.24. The van der Waals surface area contributed by atoms with Gasteiger partial charge in [-0.25, -0.2) is 5.43 Å². The summed E-state index contributed by atoms with van der Waals surface area (Å²) in [4.78, 5) is 22.8. The molecule has 2 aromatic carbocycles. The van der Waals surface area contributed by atoms with E-state index < -0.39 is 10.8 Å². The summed E-state index contributed by atoms with van der Waals surface area (Å²) >= 11 is 0. The van der Waals surface area contributed by atoms with Gasteiger partial charge in [0.05, 0.1) is 38.2 Å². The van der Waals surface area contributed by atoms with Crippen molar-refractivity contribution < 1.29 is 23.9 Å². The first kappa shape index (κ1) is 21.3. The number of rotatable bonds is 8. The fourth-order valence-corrected chi connectivity index (χ4v) is 2.77. The number of carbonyl (C=O) groups is 1. The number of ether oxygens (including phenoxy) is 3. The zero-order valence-corrected chi connectivity index (χ0v) is 16.9. The first-order valence-electron chi connectivity index (χ1n) is 8.90. The minimum Gasteiger partial charge on any atom is -0.493 e. The van der Waals surface area contributed by atoms with Gasteiger partial charge in [0.1, 0.15) is 5.69 Å². The molecule has 0 saturated carbocycles. The van der Waals surface area contributed by atoms with Gasteiger partial charge in [0.25, 0.3) is 11.6 Å². The Morgan fingerprint density at radius 3 is 2.45 bits per heavy atom. The molecule has 11 nitrogen and oxygen atoms in total. The number of non-ortho nitro benzene ring substituents is 1. The van der Waals surface area contributed by atoms with Crippen LogP contribution in [0, 0.1) is 10.1 Å². The van der Waals surface area contributed by atoms with Crippen LogP contribution in [0.3, 0.4) is 0 Å². The van der Waals surface area contributed by atoms with E-state index in [2.05, 4.69) is 20.7 Å². The first-order chi connectivity index (χ1) is 15.0. The molecule has 0 fully saturated rings. The second-order valence-electron chi connectivity index (χ2n) is 6.13. The van der Waals surface area contributed by atoms with Crippen molar-refractivity contribution in [1.29, 1.82) is 0 Å². The van der Waals surface area contributed by atoms with Gasteiger partial charge < -0.3 is 14.2 Å². The molecule has 0 radical (unpaired) electrons. The molecule has 0 unspecified atom stereocenters. The number of hydrogen-bond donors (Lipinski definition) is 2. The van der Waals surface area contributed by atoms with Gasteiger partial charge in [-0.1, -0.05) is 12.1 Å². The van der Waals surface area contributed by atoms with Crippen molar-refractivity contribution in [3.63, 3.8) is 0 Å². The van der Waals surface area contributed by atoms with Crippen LogP contribution < -0.4 is 19.6 Å². The fourth-order valence-electron chi connectivity index (χ4n) is 2.77. The number of aromatic amines is 1. The van der Waals surface area contributed by atoms with Crippen molar-refractivity contribution in [2.75, 3.05) is 21.3 Å². The van der Waals surface area contributed by atoms with E-state index in [1.807, 2.05) is 0 Å². The third kappa shape index (κ3) is 4.78. The van der Waals surface area contributed by atoms with Crippen molar-refractivity contribution in [2.24, 2.45) is 5.10 Å². The molecule has 1 aromatic heterocycles. The number of amides is 1. The lowest BCUT2D eigenvalue weighted by Gasteiger charge is -2.12. The highest BCUT2D eigenvalue weighted by atomic mass is 16.6. The number of hydrogen-bond acceptors (Lipinski definition) is 8. The molecular formula is C20H19N5O6. The monoisotopic (exact) mass is 425 g/mol. The number of methoxy groups -OCH3 is 3. The Bertz CT molecular complexity index is 1120. The molecule has 0 bridgehead atoms. The van der Waals surface area contributed by atoms with Crippen LogP contribution in [0.2, 0.25) is 0 Å². The number of nitro benzene ring substituents is 1. The second-order valence-corrected chi connectivity index (χ2v) is 6.13. The SMILES string of the molecule is COc1cc(/C=N/NC(=O)c2cc(-c3cccc([N+](=O)[O-])c3)n[nH]2)cc(OC)c1OC. The lowest BCUT2D eigenvalue weighted by Crippen LogP contribution is -2.18. The minimum atomic E-state index is -0.534. The van der Waals surface area contributed by atoms with Crippen LogP contribution in [0.25, 0.3) is 11.3 Å². The molecular weight excluding hydrogens is 406 g/mol. The molecule has 160 valence electrons. The van der Waals surface area contributed by atoms with Crippen LogP contribution >= 0.6 is 0 Å². The lowest BCUT2D eigenvalue weighted by atomic mass is 10.1. The smallest absolute Gasteiger partial charge is 0.289 e. The van der Waals surface area contributed by atoms with Crippen molar-refractivity contribution in [3.05, 3.63) is 63.8 Å². The molecule has 3 rings (SSSR count). The highest BCUT2D eigenvalue weighted by molar-refractivity contribution is 5.94. The van der Waals surface area contributed by atoms with E-state index in [0.29, 0.717) is 34.1 Å². The Balaban J connectivity index is 1.73. The van der Waals surface area contributed by atoms with Crippen molar-refractivity contribution in [1.82, 2.24) is 15.6 Å². The largest absolute Gasteiger partial charge is 0.493 e. The Morgan fingerprint density at radius 2 is 1.84 bits per heavy atom. The van der Waals surface area contributed by atoms with Gasteiger partial charge in [-0.15, -0.1) is 0 Å². The molecule has 0 saturated heterocycles. The zero-order chi connectivity index (χ0) is 22.4. The predicted octanol–water partition coefficient (Wildman–Crippen LogP) is 2.77. The van der Waals surface area contributed by atoms with Crippen molar-refractivity contribution >= 4 is 17.8 Å². The third-order valence-corrected chi connectivity index (χ3v) is 4.24. The topological polar surface area (TPSA) is 141 Å². The molecule has 3 aromatic rings. The number of carbonyl (C=O) groups excluding carboxylic acids is 1. The molecule has 1 amide bonds. The van der Waals surface area contributed by atoms with Gasteiger partial charge in [0.15, 0.2) is 11.5 Å². The highest BCUT2D eigenvalue weighted by Gasteiger charge is 2.14. The summed E-state index contributed by atoms with van der Waals surface area (Å²) < 4.78 is 15.8. The maximum atomic E-state index is 12.3. The van der Waals surface area contributed by atoms with E-state index >= 15 is 0 Å². The molecule has 0 aliphatic heterocycles. The minimum absolute atomic E-state index is 0.0681. The standard InChI is InChI=1S/C20H19N5O6/c1-29-17-7-12(8-18(30-2)19(17)31-3)11-21-24-20(26)16-10-15(22-23-16)13-5-4-6-14(9-13)25(27)28/h4-11H,1-3H3,(H,22,23)(H,24,26)/b21-11+. The second kappa shape index (κ2) is 9.39. The van der Waals surface area contributed by atoms with Gasteiger partial charge in [0.2, 0.25) is 5.75 Å². The average Bonchev–Trinajstić information content (AvgIpc) is 3.28. The molecule has 2 N–H and O–H groups in total. The molecule has 0 spiro atoms. The quantitative estimate of drug-likeness (QED) is 0.321. The number of benzene rings is 2. The number of H-pyrrole nitrogens is 1. The van der Waals surface area contributed by atoms with Crippen LogP contribution in [0.4, 0.5) is 5.69 Å². The number of aromatic nitrogens is 2. The summed E-state index contributed by atoms with van der Waals surface area (Å²) in [5.74, 6) is 0.805. The summed E-state index contributed by atoms with van der Waals surface area (Å²) in [6.45, 7) is 0. The fraction of sp³-hybridized carbons (Fsp3) is 0.150. The molecule has 0 aliphatic rings. The molecule has 1 heterocycles. The number of nitrogens with zero attached hydrogens (tertiary/aromatic N) is 3. The predicted molar refractivity (Wildman–Crippen MR) is 112 cm³/mol. The van der Waals surface area contributed by atoms with Gasteiger partial charge in [-0.3, -0.25) is 20.0 Å². The Hall–Kier alpha value is -4.41. The van der Waals surface area contributed by atoms with Gasteiger partial charge in [-0.05, 0) is 18.2 Å². The summed E-state index contributed by atoms with van der Waals surface area (Å²) in [6, 6.07) is 10.8. The first-order valence-corrected chi connectivity index (χ1v) is 8.90. The molecule has 0 atom stereocenters. The van der Waals surface area contributed by atoms with Crippen LogP contribution in [0.15, 0.2) is 47.6 Å². The van der Waals surface area contributed by atoms with Gasteiger partial charge in [0, 0.05) is 23.3 Å². The van der Waals surface area contributed by atoms with Crippen LogP contribution in [0.5, 0.6) is 17.2 Å². The van der Waals surface area contributed by atoms with Crippen molar-refractivity contribution in [3.8, 4) is 28.5 Å². The summed E-state index contributed by atoms with van der Waals surface area (Å²) in [6.07, 6.45) is 1.42. The normalized spacial score (nSPS) is 10.7. The van der Waals surface area contributed by atoms with E-state index in [0.717, 1.165) is 0 Å². The Kier molecular flexibility index (Phi) is 6.45. The lowest BCUT2D eigenvalue weighted by molar-refractivity contribution is -0.384. The zero-order valence-electron chi connectivity index (χ0n) is 16.9. The number of hydrazone groups is 1. The summed E-state index contributed by atoms with van der Waals surface area (Å²) in [7, 11) is 4.50. The van der Waals surface area contributed by atoms with E-state index in [1.54, 1.807) is 24.3 Å². The van der Waals surface area contributed by atoms with Crippen LogP contribution in [-0.4, -0.2) is 48.6 Å². The number of nitro groups is 1. The Morgan fingerprint density at radius 1 is 1.13 bits per heavy atom. The molecule has 11 heteroatoms. The van der Waals surface area contributed by atoms with Crippen LogP contribution in [-0.2, 0) is 0 Å². The average molecular weight is 425 g/mol. The maximum absolute atomic E-state index is 12.3. The molecule has 31 heavy (non-hydrogen) atoms. The van der Waals surface area contributed by atoms with Crippen LogP contribution in [0.1, 0.15) is 16.1 Å². The van der Waals surface area contributed by atoms with Crippen molar-refractivity contribution in [2.45, 2.75) is 0 Å². The highest BCUT2D eigenvalue weighted by Crippen LogP contribution is 2.37.